The Morgan fingerprint density at radius 1 is 1.17 bits per heavy atom. The molecule has 6 nitrogen and oxygen atoms in total. The van der Waals surface area contributed by atoms with Gasteiger partial charge in [0.15, 0.2) is 5.96 Å². The van der Waals surface area contributed by atoms with E-state index in [4.69, 9.17) is 4.74 Å². The quantitative estimate of drug-likeness (QED) is 0.499. The number of carbonyl (C=O) groups is 1. The van der Waals surface area contributed by atoms with Crippen LogP contribution < -0.4 is 20.7 Å². The van der Waals surface area contributed by atoms with Crippen molar-refractivity contribution in [1.29, 1.82) is 0 Å². The van der Waals surface area contributed by atoms with Crippen LogP contribution in [0.2, 0.25) is 0 Å². The minimum Gasteiger partial charge on any atom is -0.488 e. The van der Waals surface area contributed by atoms with Gasteiger partial charge in [-0.05, 0) is 42.7 Å². The van der Waals surface area contributed by atoms with Crippen LogP contribution in [0.3, 0.4) is 0 Å². The van der Waals surface area contributed by atoms with Crippen molar-refractivity contribution in [3.8, 4) is 5.75 Å². The molecular formula is C23H30N4O2. The second-order valence-corrected chi connectivity index (χ2v) is 7.34. The van der Waals surface area contributed by atoms with Gasteiger partial charge in [-0.2, -0.15) is 0 Å². The number of nitrogens with zero attached hydrogens (tertiary/aromatic N) is 1. The van der Waals surface area contributed by atoms with E-state index < -0.39 is 0 Å². The fourth-order valence-electron chi connectivity index (χ4n) is 3.17. The molecule has 1 heterocycles. The molecule has 3 N–H and O–H groups in total. The van der Waals surface area contributed by atoms with Gasteiger partial charge in [0.2, 0.25) is 0 Å². The number of hydrogen-bond donors (Lipinski definition) is 3. The van der Waals surface area contributed by atoms with E-state index in [-0.39, 0.29) is 18.1 Å². The number of para-hydroxylation sites is 1. The zero-order valence-electron chi connectivity index (χ0n) is 17.4. The van der Waals surface area contributed by atoms with Gasteiger partial charge in [-0.15, -0.1) is 0 Å². The molecule has 2 atom stereocenters. The summed E-state index contributed by atoms with van der Waals surface area (Å²) in [5.74, 6) is 1.66. The molecule has 2 aromatic carbocycles. The highest BCUT2D eigenvalue weighted by molar-refractivity contribution is 5.94. The summed E-state index contributed by atoms with van der Waals surface area (Å²) < 4.78 is 5.95. The van der Waals surface area contributed by atoms with Crippen molar-refractivity contribution in [2.24, 2.45) is 4.99 Å². The van der Waals surface area contributed by atoms with Crippen LogP contribution in [0.5, 0.6) is 5.75 Å². The Morgan fingerprint density at radius 2 is 1.93 bits per heavy atom. The minimum atomic E-state index is -0.0334. The third-order valence-electron chi connectivity index (χ3n) is 5.10. The Labute approximate surface area is 172 Å². The summed E-state index contributed by atoms with van der Waals surface area (Å²) in [6.45, 7) is 5.37. The molecule has 0 bridgehead atoms. The number of benzene rings is 2. The molecule has 154 valence electrons. The molecule has 0 saturated heterocycles. The summed E-state index contributed by atoms with van der Waals surface area (Å²) in [6.07, 6.45) is 1.92. The summed E-state index contributed by atoms with van der Waals surface area (Å²) in [5.41, 5.74) is 3.01. The van der Waals surface area contributed by atoms with Crippen molar-refractivity contribution in [3.05, 3.63) is 65.2 Å². The Balaban J connectivity index is 1.44. The number of hydrogen-bond acceptors (Lipinski definition) is 3. The van der Waals surface area contributed by atoms with Crippen LogP contribution in [0.15, 0.2) is 53.5 Å². The third-order valence-corrected chi connectivity index (χ3v) is 5.10. The van der Waals surface area contributed by atoms with Crippen LogP contribution in [0.4, 0.5) is 0 Å². The van der Waals surface area contributed by atoms with E-state index in [1.807, 2.05) is 49.4 Å². The van der Waals surface area contributed by atoms with Gasteiger partial charge in [0, 0.05) is 31.6 Å². The maximum absolute atomic E-state index is 12.2. The Hall–Kier alpha value is -3.02. The van der Waals surface area contributed by atoms with Crippen molar-refractivity contribution in [3.63, 3.8) is 0 Å². The molecule has 1 aliphatic rings. The molecule has 3 rings (SSSR count). The molecule has 0 fully saturated rings. The summed E-state index contributed by atoms with van der Waals surface area (Å²) in [5, 5.41) is 9.61. The number of aliphatic imine (C=N–C) groups is 1. The standard InChI is InChI=1S/C23H30N4O2/c1-4-16(2)27-22(28)18-11-9-17(10-12-18)14-25-23(24-3)26-15-20-13-19-7-5-6-8-21(19)29-20/h5-12,16,20H,4,13-15H2,1-3H3,(H,27,28)(H2,24,25,26). The maximum Gasteiger partial charge on any atom is 0.251 e. The number of rotatable bonds is 7. The number of amides is 1. The molecule has 0 radical (unpaired) electrons. The fourth-order valence-corrected chi connectivity index (χ4v) is 3.17. The predicted molar refractivity (Wildman–Crippen MR) is 116 cm³/mol. The Morgan fingerprint density at radius 3 is 2.62 bits per heavy atom. The second kappa shape index (κ2) is 9.96. The lowest BCUT2D eigenvalue weighted by molar-refractivity contribution is 0.0939. The molecule has 0 saturated carbocycles. The van der Waals surface area contributed by atoms with E-state index in [2.05, 4.69) is 33.9 Å². The lowest BCUT2D eigenvalue weighted by atomic mass is 10.1. The number of ether oxygens (including phenoxy) is 1. The van der Waals surface area contributed by atoms with Crippen molar-refractivity contribution in [2.45, 2.75) is 45.4 Å². The minimum absolute atomic E-state index is 0.0334. The SMILES string of the molecule is CCC(C)NC(=O)c1ccc(CNC(=NC)NCC2Cc3ccccc3O2)cc1. The highest BCUT2D eigenvalue weighted by Crippen LogP contribution is 2.27. The van der Waals surface area contributed by atoms with E-state index >= 15 is 0 Å². The first-order valence-electron chi connectivity index (χ1n) is 10.2. The third kappa shape index (κ3) is 5.73. The number of carbonyl (C=O) groups excluding carboxylic acids is 1. The van der Waals surface area contributed by atoms with E-state index in [1.54, 1.807) is 7.05 Å². The van der Waals surface area contributed by atoms with E-state index in [0.29, 0.717) is 18.7 Å². The van der Waals surface area contributed by atoms with Gasteiger partial charge in [0.05, 0.1) is 6.54 Å². The molecule has 0 aliphatic carbocycles. The highest BCUT2D eigenvalue weighted by atomic mass is 16.5. The molecule has 1 amide bonds. The summed E-state index contributed by atoms with van der Waals surface area (Å²) in [7, 11) is 1.75. The fraction of sp³-hybridized carbons (Fsp3) is 0.391. The molecule has 2 aromatic rings. The number of guanidine groups is 1. The molecule has 2 unspecified atom stereocenters. The highest BCUT2D eigenvalue weighted by Gasteiger charge is 2.22. The average molecular weight is 395 g/mol. The van der Waals surface area contributed by atoms with Crippen LogP contribution >= 0.6 is 0 Å². The van der Waals surface area contributed by atoms with Gasteiger partial charge in [0.25, 0.3) is 5.91 Å². The normalized spacial score (nSPS) is 16.5. The van der Waals surface area contributed by atoms with Crippen LogP contribution in [-0.2, 0) is 13.0 Å². The van der Waals surface area contributed by atoms with Gasteiger partial charge in [-0.25, -0.2) is 0 Å². The van der Waals surface area contributed by atoms with Crippen LogP contribution in [0.25, 0.3) is 0 Å². The van der Waals surface area contributed by atoms with E-state index in [9.17, 15) is 4.79 Å². The van der Waals surface area contributed by atoms with Gasteiger partial charge in [0.1, 0.15) is 11.9 Å². The van der Waals surface area contributed by atoms with E-state index in [0.717, 1.165) is 30.1 Å². The van der Waals surface area contributed by atoms with Gasteiger partial charge in [-0.1, -0.05) is 37.3 Å². The van der Waals surface area contributed by atoms with Crippen LogP contribution in [-0.4, -0.2) is 37.6 Å². The van der Waals surface area contributed by atoms with Crippen LogP contribution in [0.1, 0.15) is 41.8 Å². The van der Waals surface area contributed by atoms with Crippen molar-refractivity contribution >= 4 is 11.9 Å². The van der Waals surface area contributed by atoms with Gasteiger partial charge < -0.3 is 20.7 Å². The summed E-state index contributed by atoms with van der Waals surface area (Å²) in [6, 6.07) is 16.0. The molecular weight excluding hydrogens is 364 g/mol. The van der Waals surface area contributed by atoms with Crippen molar-refractivity contribution in [1.82, 2.24) is 16.0 Å². The summed E-state index contributed by atoms with van der Waals surface area (Å²) in [4.78, 5) is 16.4. The van der Waals surface area contributed by atoms with E-state index in [1.165, 1.54) is 5.56 Å². The maximum atomic E-state index is 12.2. The first-order chi connectivity index (χ1) is 14.1. The van der Waals surface area contributed by atoms with Crippen molar-refractivity contribution in [2.75, 3.05) is 13.6 Å². The molecule has 0 aromatic heterocycles. The molecule has 29 heavy (non-hydrogen) atoms. The number of nitrogens with one attached hydrogen (secondary N) is 3. The lowest BCUT2D eigenvalue weighted by Gasteiger charge is -2.16. The molecule has 6 heteroatoms. The Bertz CT molecular complexity index is 823. The van der Waals surface area contributed by atoms with Gasteiger partial charge in [-0.3, -0.25) is 9.79 Å². The first-order valence-corrected chi connectivity index (χ1v) is 10.2. The summed E-state index contributed by atoms with van der Waals surface area (Å²) >= 11 is 0. The Kier molecular flexibility index (Phi) is 7.11. The molecule has 1 aliphatic heterocycles. The number of fused-ring (bicyclic) bond motifs is 1. The van der Waals surface area contributed by atoms with Crippen LogP contribution in [0, 0.1) is 0 Å². The zero-order chi connectivity index (χ0) is 20.6. The molecule has 0 spiro atoms. The monoisotopic (exact) mass is 394 g/mol. The largest absolute Gasteiger partial charge is 0.488 e. The lowest BCUT2D eigenvalue weighted by Crippen LogP contribution is -2.41. The van der Waals surface area contributed by atoms with Gasteiger partial charge >= 0.3 is 0 Å². The second-order valence-electron chi connectivity index (χ2n) is 7.34. The smallest absolute Gasteiger partial charge is 0.251 e. The zero-order valence-corrected chi connectivity index (χ0v) is 17.4. The first kappa shape index (κ1) is 20.7. The average Bonchev–Trinajstić information content (AvgIpc) is 3.17. The van der Waals surface area contributed by atoms with Crippen molar-refractivity contribution < 1.29 is 9.53 Å². The topological polar surface area (TPSA) is 74.8 Å². The predicted octanol–water partition coefficient (Wildman–Crippen LogP) is 2.88.